The Hall–Kier alpha value is -3.10. The van der Waals surface area contributed by atoms with Gasteiger partial charge in [-0.1, -0.05) is 0 Å². The molecule has 10 atom stereocenters. The normalized spacial score (nSPS) is 29.9. The highest BCUT2D eigenvalue weighted by Gasteiger charge is 2.50. The van der Waals surface area contributed by atoms with Crippen LogP contribution in [0.3, 0.4) is 0 Å². The number of aldehydes is 1. The molecule has 6 rings (SSSR count). The fourth-order valence-corrected chi connectivity index (χ4v) is 7.02. The van der Waals surface area contributed by atoms with E-state index in [4.69, 9.17) is 46.3 Å². The lowest BCUT2D eigenvalue weighted by molar-refractivity contribution is -0.110. The highest BCUT2D eigenvalue weighted by Crippen LogP contribution is 2.51. The fourth-order valence-electron chi connectivity index (χ4n) is 5.39. The summed E-state index contributed by atoms with van der Waals surface area (Å²) >= 11 is 5.18. The second-order valence-electron chi connectivity index (χ2n) is 10.2. The maximum absolute atomic E-state index is 15.9. The van der Waals surface area contributed by atoms with Crippen LogP contribution >= 0.6 is 16.2 Å². The maximum atomic E-state index is 15.9. The number of hydrogen-bond donors (Lipinski definition) is 5. The van der Waals surface area contributed by atoms with E-state index in [0.29, 0.717) is 6.29 Å². The number of aromatic amines is 1. The molecule has 0 radical (unpaired) electrons. The van der Waals surface area contributed by atoms with Crippen LogP contribution in [0.4, 0.5) is 16.2 Å². The SMILES string of the molecule is Nc1nc2c(ncn2[C@@H]2O[C@H](COP(O)(=S)O[C@H]3[C@@H](F)[C@H](n4cnc5c(N)ncnc54)O[C@@H]3COP)[C@@H](O)[C@H]2CC=O)c(=O)[nH]1. The van der Waals surface area contributed by atoms with Gasteiger partial charge in [0, 0.05) is 21.8 Å². The van der Waals surface area contributed by atoms with E-state index >= 15 is 4.39 Å². The molecule has 2 aliphatic rings. The average molecular weight is 689 g/mol. The first-order valence-corrected chi connectivity index (χ1v) is 16.3. The molecule has 2 unspecified atom stereocenters. The first kappa shape index (κ1) is 31.9. The Morgan fingerprint density at radius 3 is 2.56 bits per heavy atom. The monoisotopic (exact) mass is 688 g/mol. The van der Waals surface area contributed by atoms with E-state index in [-0.39, 0.29) is 47.1 Å². The number of halogens is 1. The summed E-state index contributed by atoms with van der Waals surface area (Å²) in [5.74, 6) is -0.918. The molecule has 0 amide bonds. The van der Waals surface area contributed by atoms with Gasteiger partial charge in [-0.3, -0.25) is 23.4 Å². The van der Waals surface area contributed by atoms with Crippen molar-refractivity contribution in [1.82, 2.24) is 39.0 Å². The van der Waals surface area contributed by atoms with E-state index in [1.165, 1.54) is 28.1 Å². The highest BCUT2D eigenvalue weighted by atomic mass is 32.5. The van der Waals surface area contributed by atoms with Gasteiger partial charge in [0.05, 0.1) is 32.0 Å². The zero-order chi connectivity index (χ0) is 32.0. The first-order valence-electron chi connectivity index (χ1n) is 13.2. The summed E-state index contributed by atoms with van der Waals surface area (Å²) in [6.45, 7) is -4.89. The van der Waals surface area contributed by atoms with Gasteiger partial charge in [0.2, 0.25) is 5.95 Å². The molecule has 6 heterocycles. The number of ether oxygens (including phenoxy) is 2. The Balaban J connectivity index is 1.18. The van der Waals surface area contributed by atoms with Gasteiger partial charge in [-0.25, -0.2) is 24.3 Å². The third kappa shape index (κ3) is 5.96. The summed E-state index contributed by atoms with van der Waals surface area (Å²) in [4.78, 5) is 57.2. The average Bonchev–Trinajstić information content (AvgIpc) is 3.75. The molecule has 2 saturated heterocycles. The number of aliphatic hydroxyl groups is 1. The number of rotatable bonds is 11. The van der Waals surface area contributed by atoms with Gasteiger partial charge in [-0.15, -0.1) is 0 Å². The number of aromatic nitrogens is 8. The van der Waals surface area contributed by atoms with Crippen molar-refractivity contribution in [2.45, 2.75) is 49.5 Å². The summed E-state index contributed by atoms with van der Waals surface area (Å²) in [5, 5.41) is 11.0. The van der Waals surface area contributed by atoms with Crippen molar-refractivity contribution in [1.29, 1.82) is 0 Å². The summed E-state index contributed by atoms with van der Waals surface area (Å²) in [5.41, 5.74) is 11.4. The number of fused-ring (bicyclic) bond motifs is 2. The Morgan fingerprint density at radius 2 is 1.82 bits per heavy atom. The lowest BCUT2D eigenvalue weighted by Crippen LogP contribution is -2.34. The standard InChI is InChI=1S/C22H27FN10O9P2S/c23-11-15(10(3-38-43)41-21(11)32-6-28-12-16(24)26-5-27-17(12)32)42-44(37,45)39-4-9-14(35)8(1-2-34)20(40-9)33-7-29-13-18(33)30-22(25)31-19(13)36/h2,5-11,14-15,20-21,35H,1,3-4,43H2,(H,37,45)(H2,24,26,27)(H3,25,30,31,36)/t8-,9-,10-,11-,14+,15-,20-,21-,44?/m1/s1. The fraction of sp³-hybridized carbons (Fsp3) is 0.500. The second kappa shape index (κ2) is 12.6. The van der Waals surface area contributed by atoms with Crippen LogP contribution in [0.25, 0.3) is 22.3 Å². The molecule has 0 bridgehead atoms. The topological polar surface area (TPSA) is 263 Å². The van der Waals surface area contributed by atoms with E-state index in [1.54, 1.807) is 0 Å². The van der Waals surface area contributed by atoms with Gasteiger partial charge in [0.25, 0.3) is 5.56 Å². The van der Waals surface area contributed by atoms with Gasteiger partial charge in [0.15, 0.2) is 35.0 Å². The van der Waals surface area contributed by atoms with E-state index in [1.807, 2.05) is 9.47 Å². The minimum atomic E-state index is -4.22. The molecule has 19 nitrogen and oxygen atoms in total. The molecule has 45 heavy (non-hydrogen) atoms. The zero-order valence-corrected chi connectivity index (χ0v) is 25.8. The number of anilines is 2. The number of aliphatic hydroxyl groups excluding tert-OH is 1. The minimum Gasteiger partial charge on any atom is -0.390 e. The van der Waals surface area contributed by atoms with Crippen LogP contribution in [-0.4, -0.2) is 99.1 Å². The van der Waals surface area contributed by atoms with Crippen molar-refractivity contribution in [2.24, 2.45) is 5.92 Å². The van der Waals surface area contributed by atoms with Crippen LogP contribution in [0, 0.1) is 5.92 Å². The van der Waals surface area contributed by atoms with Gasteiger partial charge in [-0.2, -0.15) is 4.98 Å². The predicted molar refractivity (Wildman–Crippen MR) is 158 cm³/mol. The summed E-state index contributed by atoms with van der Waals surface area (Å²) in [6.07, 6.45) is -5.00. The first-order chi connectivity index (χ1) is 21.5. The van der Waals surface area contributed by atoms with E-state index in [2.05, 4.69) is 29.9 Å². The number of nitrogens with one attached hydrogen (secondary N) is 1. The lowest BCUT2D eigenvalue weighted by Gasteiger charge is -2.25. The molecule has 0 aromatic carbocycles. The Morgan fingerprint density at radius 1 is 1.11 bits per heavy atom. The summed E-state index contributed by atoms with van der Waals surface area (Å²) in [7, 11) is 2.02. The van der Waals surface area contributed by atoms with Crippen LogP contribution in [0.15, 0.2) is 23.8 Å². The molecule has 242 valence electrons. The van der Waals surface area contributed by atoms with Gasteiger partial charge in [0.1, 0.15) is 42.7 Å². The zero-order valence-electron chi connectivity index (χ0n) is 22.9. The second-order valence-corrected chi connectivity index (χ2v) is 13.3. The van der Waals surface area contributed by atoms with Crippen LogP contribution in [0.2, 0.25) is 0 Å². The van der Waals surface area contributed by atoms with E-state index in [0.717, 1.165) is 0 Å². The molecular weight excluding hydrogens is 661 g/mol. The van der Waals surface area contributed by atoms with Crippen molar-refractivity contribution >= 4 is 68.4 Å². The van der Waals surface area contributed by atoms with Crippen molar-refractivity contribution in [3.8, 4) is 0 Å². The maximum Gasteiger partial charge on any atom is 0.325 e. The van der Waals surface area contributed by atoms with Crippen LogP contribution in [0.1, 0.15) is 18.9 Å². The van der Waals surface area contributed by atoms with Crippen molar-refractivity contribution < 1.29 is 42.2 Å². The summed E-state index contributed by atoms with van der Waals surface area (Å²) < 4.78 is 46.6. The number of imidazole rings is 2. The molecule has 2 aliphatic heterocycles. The molecule has 4 aromatic heterocycles. The number of carbonyl (C=O) groups is 1. The molecule has 0 saturated carbocycles. The van der Waals surface area contributed by atoms with Gasteiger partial charge < -0.3 is 44.8 Å². The number of H-pyrrole nitrogens is 1. The molecule has 0 aliphatic carbocycles. The smallest absolute Gasteiger partial charge is 0.325 e. The Kier molecular flexibility index (Phi) is 8.92. The van der Waals surface area contributed by atoms with E-state index < -0.39 is 67.8 Å². The molecule has 4 aromatic rings. The molecular formula is C22H27FN10O9P2S. The molecule has 0 spiro atoms. The Bertz CT molecular complexity index is 1830. The molecule has 2 fully saturated rings. The van der Waals surface area contributed by atoms with Crippen molar-refractivity contribution in [3.05, 3.63) is 29.3 Å². The van der Waals surface area contributed by atoms with Crippen LogP contribution < -0.4 is 17.0 Å². The largest absolute Gasteiger partial charge is 0.390 e. The number of nitrogens with zero attached hydrogens (tertiary/aromatic N) is 7. The van der Waals surface area contributed by atoms with E-state index in [9.17, 15) is 19.6 Å². The molecule has 23 heteroatoms. The van der Waals surface area contributed by atoms with Crippen molar-refractivity contribution in [3.63, 3.8) is 0 Å². The number of nitrogen functional groups attached to an aromatic ring is 2. The number of alkyl halides is 1. The van der Waals surface area contributed by atoms with Crippen LogP contribution in [0.5, 0.6) is 0 Å². The third-order valence-electron chi connectivity index (χ3n) is 7.44. The highest BCUT2D eigenvalue weighted by molar-refractivity contribution is 8.07. The quantitative estimate of drug-likeness (QED) is 0.0958. The summed E-state index contributed by atoms with van der Waals surface area (Å²) in [6, 6.07) is 0. The lowest BCUT2D eigenvalue weighted by atomic mass is 9.97. The third-order valence-corrected chi connectivity index (χ3v) is 9.19. The van der Waals surface area contributed by atoms with Gasteiger partial charge in [-0.05, 0) is 11.8 Å². The number of carbonyl (C=O) groups excluding carboxylic acids is 1. The minimum absolute atomic E-state index is 0.0346. The molecule has 7 N–H and O–H groups in total. The van der Waals surface area contributed by atoms with Gasteiger partial charge >= 0.3 is 6.72 Å². The van der Waals surface area contributed by atoms with Crippen molar-refractivity contribution in [2.75, 3.05) is 24.7 Å². The number of hydrogen-bond acceptors (Lipinski definition) is 16. The van der Waals surface area contributed by atoms with Crippen LogP contribution in [-0.2, 0) is 39.6 Å². The Labute approximate surface area is 258 Å². The number of nitrogens with two attached hydrogens (primary N) is 2. The predicted octanol–water partition coefficient (Wildman–Crippen LogP) is -0.752.